The molecule has 0 radical (unpaired) electrons. The van der Waals surface area contributed by atoms with Crippen LogP contribution in [0, 0.1) is 0 Å². The number of imidazole rings is 1. The zero-order chi connectivity index (χ0) is 13.5. The summed E-state index contributed by atoms with van der Waals surface area (Å²) in [6.45, 7) is 6.27. The standard InChI is InChI=1S/C14H21N5/c1-2-18(9-13-5-3-4-7-16-13)10-14-11-19(8-6-15)12-17-14/h3-5,7,11-12H,2,6,8-10,15H2,1H3. The molecule has 0 fully saturated rings. The van der Waals surface area contributed by atoms with Crippen molar-refractivity contribution in [3.8, 4) is 0 Å². The molecule has 5 heteroatoms. The maximum Gasteiger partial charge on any atom is 0.0950 e. The molecule has 19 heavy (non-hydrogen) atoms. The molecule has 0 amide bonds. The van der Waals surface area contributed by atoms with Crippen LogP contribution in [0.15, 0.2) is 36.9 Å². The molecule has 2 rings (SSSR count). The van der Waals surface area contributed by atoms with Crippen molar-refractivity contribution in [3.05, 3.63) is 48.3 Å². The summed E-state index contributed by atoms with van der Waals surface area (Å²) in [5.41, 5.74) is 7.70. The number of pyridine rings is 1. The first kappa shape index (κ1) is 13.7. The highest BCUT2D eigenvalue weighted by molar-refractivity contribution is 5.04. The Morgan fingerprint density at radius 1 is 1.21 bits per heavy atom. The molecule has 0 unspecified atom stereocenters. The van der Waals surface area contributed by atoms with Crippen molar-refractivity contribution in [2.45, 2.75) is 26.6 Å². The fraction of sp³-hybridized carbons (Fsp3) is 0.429. The molecule has 0 aliphatic heterocycles. The average Bonchev–Trinajstić information content (AvgIpc) is 2.87. The average molecular weight is 259 g/mol. The molecular weight excluding hydrogens is 238 g/mol. The molecule has 2 aromatic rings. The predicted molar refractivity (Wildman–Crippen MR) is 75.3 cm³/mol. The second-order valence-electron chi connectivity index (χ2n) is 4.52. The second-order valence-corrected chi connectivity index (χ2v) is 4.52. The maximum atomic E-state index is 5.53. The summed E-state index contributed by atoms with van der Waals surface area (Å²) in [7, 11) is 0. The van der Waals surface area contributed by atoms with E-state index < -0.39 is 0 Å². The van der Waals surface area contributed by atoms with E-state index in [9.17, 15) is 0 Å². The Morgan fingerprint density at radius 2 is 2.05 bits per heavy atom. The van der Waals surface area contributed by atoms with E-state index in [1.807, 2.05) is 29.2 Å². The lowest BCUT2D eigenvalue weighted by Crippen LogP contribution is -2.23. The van der Waals surface area contributed by atoms with Crippen LogP contribution in [0.4, 0.5) is 0 Å². The quantitative estimate of drug-likeness (QED) is 0.813. The van der Waals surface area contributed by atoms with Gasteiger partial charge < -0.3 is 10.3 Å². The molecule has 102 valence electrons. The minimum absolute atomic E-state index is 0.640. The zero-order valence-electron chi connectivity index (χ0n) is 11.4. The molecule has 0 atom stereocenters. The molecule has 0 saturated carbocycles. The van der Waals surface area contributed by atoms with Gasteiger partial charge in [-0.05, 0) is 18.7 Å². The molecule has 0 aliphatic rings. The molecule has 2 aromatic heterocycles. The van der Waals surface area contributed by atoms with E-state index in [1.54, 1.807) is 0 Å². The summed E-state index contributed by atoms with van der Waals surface area (Å²) < 4.78 is 2.03. The third-order valence-electron chi connectivity index (χ3n) is 3.02. The van der Waals surface area contributed by atoms with E-state index in [4.69, 9.17) is 5.73 Å². The minimum Gasteiger partial charge on any atom is -0.336 e. The van der Waals surface area contributed by atoms with Gasteiger partial charge >= 0.3 is 0 Å². The van der Waals surface area contributed by atoms with Crippen molar-refractivity contribution in [2.75, 3.05) is 13.1 Å². The number of nitrogens with two attached hydrogens (primary N) is 1. The van der Waals surface area contributed by atoms with Gasteiger partial charge in [0.2, 0.25) is 0 Å². The van der Waals surface area contributed by atoms with Crippen LogP contribution >= 0.6 is 0 Å². The van der Waals surface area contributed by atoms with Crippen LogP contribution in [0.3, 0.4) is 0 Å². The van der Waals surface area contributed by atoms with Crippen molar-refractivity contribution in [1.29, 1.82) is 0 Å². The molecule has 0 saturated heterocycles. The van der Waals surface area contributed by atoms with Gasteiger partial charge in [0.15, 0.2) is 0 Å². The van der Waals surface area contributed by atoms with Crippen molar-refractivity contribution in [2.24, 2.45) is 5.73 Å². The van der Waals surface area contributed by atoms with Gasteiger partial charge in [-0.25, -0.2) is 4.98 Å². The predicted octanol–water partition coefficient (Wildman–Crippen LogP) is 1.26. The second kappa shape index (κ2) is 7.01. The van der Waals surface area contributed by atoms with Gasteiger partial charge in [-0.2, -0.15) is 0 Å². The summed E-state index contributed by atoms with van der Waals surface area (Å²) in [5, 5.41) is 0. The minimum atomic E-state index is 0.640. The Balaban J connectivity index is 1.94. The van der Waals surface area contributed by atoms with E-state index in [0.717, 1.165) is 37.6 Å². The van der Waals surface area contributed by atoms with Crippen LogP contribution in [0.5, 0.6) is 0 Å². The lowest BCUT2D eigenvalue weighted by atomic mass is 10.3. The van der Waals surface area contributed by atoms with E-state index in [0.29, 0.717) is 6.54 Å². The highest BCUT2D eigenvalue weighted by atomic mass is 15.1. The number of hydrogen-bond acceptors (Lipinski definition) is 4. The van der Waals surface area contributed by atoms with E-state index in [-0.39, 0.29) is 0 Å². The maximum absolute atomic E-state index is 5.53. The normalized spacial score (nSPS) is 11.1. The Hall–Kier alpha value is -1.72. The first-order valence-corrected chi connectivity index (χ1v) is 6.64. The fourth-order valence-corrected chi connectivity index (χ4v) is 1.99. The van der Waals surface area contributed by atoms with Gasteiger partial charge in [0.05, 0.1) is 17.7 Å². The third-order valence-corrected chi connectivity index (χ3v) is 3.02. The summed E-state index contributed by atoms with van der Waals surface area (Å²) in [6, 6.07) is 6.01. The lowest BCUT2D eigenvalue weighted by Gasteiger charge is -2.18. The molecular formula is C14H21N5. The van der Waals surface area contributed by atoms with Crippen LogP contribution < -0.4 is 5.73 Å². The van der Waals surface area contributed by atoms with Crippen LogP contribution in [0.1, 0.15) is 18.3 Å². The fourth-order valence-electron chi connectivity index (χ4n) is 1.99. The molecule has 0 aromatic carbocycles. The zero-order valence-corrected chi connectivity index (χ0v) is 11.4. The summed E-state index contributed by atoms with van der Waals surface area (Å²) in [4.78, 5) is 11.1. The Kier molecular flexibility index (Phi) is 5.06. The van der Waals surface area contributed by atoms with Crippen LogP contribution in [-0.4, -0.2) is 32.5 Å². The first-order chi connectivity index (χ1) is 9.31. The topological polar surface area (TPSA) is 60.0 Å². The van der Waals surface area contributed by atoms with E-state index in [1.165, 1.54) is 0 Å². The van der Waals surface area contributed by atoms with Crippen molar-refractivity contribution in [3.63, 3.8) is 0 Å². The summed E-state index contributed by atoms with van der Waals surface area (Å²) >= 11 is 0. The lowest BCUT2D eigenvalue weighted by molar-refractivity contribution is 0.265. The van der Waals surface area contributed by atoms with Crippen molar-refractivity contribution in [1.82, 2.24) is 19.4 Å². The van der Waals surface area contributed by atoms with Gasteiger partial charge in [-0.1, -0.05) is 13.0 Å². The Labute approximate surface area is 114 Å². The van der Waals surface area contributed by atoms with Gasteiger partial charge in [0.25, 0.3) is 0 Å². The Bertz CT molecular complexity index is 480. The summed E-state index contributed by atoms with van der Waals surface area (Å²) in [5.74, 6) is 0. The molecule has 5 nitrogen and oxygen atoms in total. The molecule has 2 heterocycles. The van der Waals surface area contributed by atoms with Gasteiger partial charge in [0, 0.05) is 38.6 Å². The smallest absolute Gasteiger partial charge is 0.0950 e. The van der Waals surface area contributed by atoms with E-state index >= 15 is 0 Å². The third kappa shape index (κ3) is 4.15. The van der Waals surface area contributed by atoms with Gasteiger partial charge in [0.1, 0.15) is 0 Å². The number of rotatable bonds is 7. The molecule has 0 aliphatic carbocycles. The van der Waals surface area contributed by atoms with Crippen molar-refractivity contribution < 1.29 is 0 Å². The summed E-state index contributed by atoms with van der Waals surface area (Å²) in [6.07, 6.45) is 5.74. The monoisotopic (exact) mass is 259 g/mol. The molecule has 0 bridgehead atoms. The van der Waals surface area contributed by atoms with E-state index in [2.05, 4.69) is 34.1 Å². The van der Waals surface area contributed by atoms with Crippen LogP contribution in [0.2, 0.25) is 0 Å². The number of aromatic nitrogens is 3. The highest BCUT2D eigenvalue weighted by Gasteiger charge is 2.07. The molecule has 2 N–H and O–H groups in total. The van der Waals surface area contributed by atoms with Crippen LogP contribution in [0.25, 0.3) is 0 Å². The highest BCUT2D eigenvalue weighted by Crippen LogP contribution is 2.06. The van der Waals surface area contributed by atoms with Gasteiger partial charge in [-0.3, -0.25) is 9.88 Å². The molecule has 0 spiro atoms. The van der Waals surface area contributed by atoms with Gasteiger partial charge in [-0.15, -0.1) is 0 Å². The van der Waals surface area contributed by atoms with Crippen LogP contribution in [-0.2, 0) is 19.6 Å². The first-order valence-electron chi connectivity index (χ1n) is 6.64. The number of nitrogens with zero attached hydrogens (tertiary/aromatic N) is 4. The van der Waals surface area contributed by atoms with Crippen molar-refractivity contribution >= 4 is 0 Å². The number of hydrogen-bond donors (Lipinski definition) is 1. The SMILES string of the molecule is CCN(Cc1ccccn1)Cc1cn(CCN)cn1. The Morgan fingerprint density at radius 3 is 2.74 bits per heavy atom. The largest absolute Gasteiger partial charge is 0.336 e.